The van der Waals surface area contributed by atoms with Crippen LogP contribution in [0, 0.1) is 0 Å². The van der Waals surface area contributed by atoms with E-state index >= 15 is 0 Å². The van der Waals surface area contributed by atoms with E-state index in [9.17, 15) is 4.79 Å². The van der Waals surface area contributed by atoms with Gasteiger partial charge in [-0.3, -0.25) is 4.79 Å². The van der Waals surface area contributed by atoms with Crippen molar-refractivity contribution in [2.24, 2.45) is 0 Å². The van der Waals surface area contributed by atoms with E-state index in [2.05, 4.69) is 9.97 Å². The van der Waals surface area contributed by atoms with E-state index in [0.717, 1.165) is 29.8 Å². The van der Waals surface area contributed by atoms with Crippen LogP contribution in [0.25, 0.3) is 0 Å². The Morgan fingerprint density at radius 1 is 1.47 bits per heavy atom. The zero-order chi connectivity index (χ0) is 11.7. The molecule has 0 unspecified atom stereocenters. The summed E-state index contributed by atoms with van der Waals surface area (Å²) < 4.78 is 0. The van der Waals surface area contributed by atoms with Crippen molar-refractivity contribution >= 4 is 17.2 Å². The molecule has 0 atom stereocenters. The van der Waals surface area contributed by atoms with Crippen molar-refractivity contribution in [1.29, 1.82) is 0 Å². The molecule has 5 heteroatoms. The maximum absolute atomic E-state index is 12.2. The Balaban J connectivity index is 1.83. The molecule has 3 rings (SSSR count). The van der Waals surface area contributed by atoms with Gasteiger partial charge in [0, 0.05) is 36.7 Å². The molecule has 0 fully saturated rings. The monoisotopic (exact) mass is 245 g/mol. The van der Waals surface area contributed by atoms with Crippen LogP contribution in [-0.2, 0) is 13.0 Å². The summed E-state index contributed by atoms with van der Waals surface area (Å²) in [6.45, 7) is 1.35. The molecule has 1 aliphatic rings. The lowest BCUT2D eigenvalue weighted by atomic mass is 10.1. The van der Waals surface area contributed by atoms with E-state index in [1.807, 2.05) is 21.7 Å². The van der Waals surface area contributed by atoms with Gasteiger partial charge in [0.15, 0.2) is 0 Å². The van der Waals surface area contributed by atoms with Crippen molar-refractivity contribution < 1.29 is 4.79 Å². The molecule has 0 aromatic carbocycles. The highest BCUT2D eigenvalue weighted by atomic mass is 32.1. The smallest absolute Gasteiger partial charge is 0.255 e. The van der Waals surface area contributed by atoms with Crippen LogP contribution in [-0.4, -0.2) is 27.3 Å². The molecule has 86 valence electrons. The van der Waals surface area contributed by atoms with Gasteiger partial charge in [0.05, 0.1) is 11.3 Å². The van der Waals surface area contributed by atoms with Crippen LogP contribution in [0.3, 0.4) is 0 Å². The fraction of sp³-hybridized carbons (Fsp3) is 0.250. The lowest BCUT2D eigenvalue weighted by Gasteiger charge is -2.27. The van der Waals surface area contributed by atoms with Crippen molar-refractivity contribution in [2.75, 3.05) is 6.54 Å². The lowest BCUT2D eigenvalue weighted by Crippen LogP contribution is -2.36. The van der Waals surface area contributed by atoms with Gasteiger partial charge in [0.1, 0.15) is 6.33 Å². The number of carbonyl (C=O) groups is 1. The minimum Gasteiger partial charge on any atom is -0.334 e. The van der Waals surface area contributed by atoms with Crippen LogP contribution in [0.4, 0.5) is 0 Å². The molecular weight excluding hydrogens is 234 g/mol. The van der Waals surface area contributed by atoms with Crippen LogP contribution in [0.1, 0.15) is 21.6 Å². The number of aromatic nitrogens is 2. The predicted octanol–water partition coefficient (Wildman–Crippen LogP) is 1.74. The number of fused-ring (bicyclic) bond motifs is 1. The molecule has 0 bridgehead atoms. The van der Waals surface area contributed by atoms with Crippen LogP contribution >= 0.6 is 11.3 Å². The first-order chi connectivity index (χ1) is 8.34. The molecule has 0 radical (unpaired) electrons. The standard InChI is InChI=1S/C12H11N3OS/c16-12(9-2-4-17-7-9)15-3-1-11-10(6-15)5-13-8-14-11/h2,4-5,7-8H,1,3,6H2. The fourth-order valence-corrected chi connectivity index (χ4v) is 2.64. The fourth-order valence-electron chi connectivity index (χ4n) is 2.01. The topological polar surface area (TPSA) is 46.1 Å². The molecule has 2 aromatic rings. The summed E-state index contributed by atoms with van der Waals surface area (Å²) in [5, 5.41) is 3.81. The molecule has 0 aliphatic carbocycles. The average molecular weight is 245 g/mol. The van der Waals surface area contributed by atoms with Gasteiger partial charge in [-0.1, -0.05) is 0 Å². The Hall–Kier alpha value is -1.75. The van der Waals surface area contributed by atoms with Gasteiger partial charge in [-0.25, -0.2) is 9.97 Å². The molecular formula is C12H11N3OS. The van der Waals surface area contributed by atoms with Crippen molar-refractivity contribution in [3.05, 3.63) is 46.2 Å². The van der Waals surface area contributed by atoms with E-state index in [1.54, 1.807) is 23.9 Å². The SMILES string of the molecule is O=C(c1ccsc1)N1CCc2ncncc2C1. The molecule has 0 saturated heterocycles. The van der Waals surface area contributed by atoms with Crippen molar-refractivity contribution in [2.45, 2.75) is 13.0 Å². The van der Waals surface area contributed by atoms with E-state index in [0.29, 0.717) is 6.54 Å². The maximum atomic E-state index is 12.2. The molecule has 0 N–H and O–H groups in total. The molecule has 1 aliphatic heterocycles. The summed E-state index contributed by atoms with van der Waals surface area (Å²) in [5.41, 5.74) is 2.90. The van der Waals surface area contributed by atoms with E-state index in [-0.39, 0.29) is 5.91 Å². The number of nitrogens with zero attached hydrogens (tertiary/aromatic N) is 3. The molecule has 1 amide bonds. The normalized spacial score (nSPS) is 14.5. The van der Waals surface area contributed by atoms with Gasteiger partial charge in [-0.15, -0.1) is 0 Å². The lowest BCUT2D eigenvalue weighted by molar-refractivity contribution is 0.0734. The zero-order valence-corrected chi connectivity index (χ0v) is 9.98. The summed E-state index contributed by atoms with van der Waals surface area (Å²) in [6.07, 6.45) is 4.18. The molecule has 3 heterocycles. The number of thiophene rings is 1. The Morgan fingerprint density at radius 2 is 2.41 bits per heavy atom. The highest BCUT2D eigenvalue weighted by molar-refractivity contribution is 7.08. The minimum absolute atomic E-state index is 0.0979. The Morgan fingerprint density at radius 3 is 3.24 bits per heavy atom. The van der Waals surface area contributed by atoms with Crippen molar-refractivity contribution in [3.63, 3.8) is 0 Å². The molecule has 2 aromatic heterocycles. The third kappa shape index (κ3) is 1.93. The first-order valence-electron chi connectivity index (χ1n) is 5.44. The Labute approximate surface area is 103 Å². The summed E-state index contributed by atoms with van der Waals surface area (Å²) >= 11 is 1.55. The highest BCUT2D eigenvalue weighted by Gasteiger charge is 2.22. The van der Waals surface area contributed by atoms with Gasteiger partial charge in [-0.2, -0.15) is 11.3 Å². The summed E-state index contributed by atoms with van der Waals surface area (Å²) in [4.78, 5) is 22.3. The van der Waals surface area contributed by atoms with E-state index < -0.39 is 0 Å². The summed E-state index contributed by atoms with van der Waals surface area (Å²) in [7, 11) is 0. The number of hydrogen-bond acceptors (Lipinski definition) is 4. The van der Waals surface area contributed by atoms with Crippen LogP contribution in [0.2, 0.25) is 0 Å². The largest absolute Gasteiger partial charge is 0.334 e. The molecule has 17 heavy (non-hydrogen) atoms. The van der Waals surface area contributed by atoms with Gasteiger partial charge in [0.2, 0.25) is 0 Å². The molecule has 0 spiro atoms. The van der Waals surface area contributed by atoms with Crippen LogP contribution < -0.4 is 0 Å². The first kappa shape index (κ1) is 10.4. The second-order valence-corrected chi connectivity index (χ2v) is 4.76. The third-order valence-electron chi connectivity index (χ3n) is 2.92. The number of amides is 1. The van der Waals surface area contributed by atoms with Crippen molar-refractivity contribution in [3.8, 4) is 0 Å². The Kier molecular flexibility index (Phi) is 2.60. The summed E-state index contributed by atoms with van der Waals surface area (Å²) in [6, 6.07) is 1.87. The third-order valence-corrected chi connectivity index (χ3v) is 3.60. The predicted molar refractivity (Wildman–Crippen MR) is 64.8 cm³/mol. The maximum Gasteiger partial charge on any atom is 0.255 e. The summed E-state index contributed by atoms with van der Waals surface area (Å²) in [5.74, 6) is 0.0979. The van der Waals surface area contributed by atoms with Gasteiger partial charge >= 0.3 is 0 Å². The van der Waals surface area contributed by atoms with Crippen molar-refractivity contribution in [1.82, 2.24) is 14.9 Å². The van der Waals surface area contributed by atoms with E-state index in [1.165, 1.54) is 0 Å². The number of carbonyl (C=O) groups excluding carboxylic acids is 1. The van der Waals surface area contributed by atoms with Gasteiger partial charge < -0.3 is 4.90 Å². The minimum atomic E-state index is 0.0979. The van der Waals surface area contributed by atoms with Crippen LogP contribution in [0.15, 0.2) is 29.4 Å². The second kappa shape index (κ2) is 4.25. The average Bonchev–Trinajstić information content (AvgIpc) is 2.91. The van der Waals surface area contributed by atoms with Gasteiger partial charge in [0.25, 0.3) is 5.91 Å². The zero-order valence-electron chi connectivity index (χ0n) is 9.17. The van der Waals surface area contributed by atoms with Crippen LogP contribution in [0.5, 0.6) is 0 Å². The Bertz CT molecular complexity index is 538. The quantitative estimate of drug-likeness (QED) is 0.768. The number of hydrogen-bond donors (Lipinski definition) is 0. The highest BCUT2D eigenvalue weighted by Crippen LogP contribution is 2.18. The molecule has 0 saturated carbocycles. The number of rotatable bonds is 1. The molecule has 4 nitrogen and oxygen atoms in total. The van der Waals surface area contributed by atoms with Gasteiger partial charge in [-0.05, 0) is 11.4 Å². The van der Waals surface area contributed by atoms with E-state index in [4.69, 9.17) is 0 Å². The first-order valence-corrected chi connectivity index (χ1v) is 6.38. The second-order valence-electron chi connectivity index (χ2n) is 3.98.